The van der Waals surface area contributed by atoms with Crippen molar-refractivity contribution in [1.82, 2.24) is 5.32 Å². The van der Waals surface area contributed by atoms with Crippen molar-refractivity contribution in [3.05, 3.63) is 6.92 Å². The van der Waals surface area contributed by atoms with Crippen LogP contribution in [0.1, 0.15) is 6.42 Å². The van der Waals surface area contributed by atoms with Crippen LogP contribution in [0.15, 0.2) is 0 Å². The zero-order chi connectivity index (χ0) is 6.41. The number of nitrogens with one attached hydrogen (secondary N) is 1. The topological polar surface area (TPSA) is 49.3 Å². The molecule has 3 heteroatoms. The van der Waals surface area contributed by atoms with Crippen LogP contribution >= 0.6 is 0 Å². The first kappa shape index (κ1) is 7.43. The molecular formula is C5H9NO2. The van der Waals surface area contributed by atoms with Gasteiger partial charge in [0, 0.05) is 13.2 Å². The zero-order valence-electron chi connectivity index (χ0n) is 4.55. The van der Waals surface area contributed by atoms with E-state index in [-0.39, 0.29) is 6.61 Å². The summed E-state index contributed by atoms with van der Waals surface area (Å²) in [4.78, 5) is 9.90. The second kappa shape index (κ2) is 4.59. The van der Waals surface area contributed by atoms with Gasteiger partial charge in [-0.1, -0.05) is 0 Å². The molecule has 1 amide bonds. The lowest BCUT2D eigenvalue weighted by molar-refractivity contribution is -0.116. The van der Waals surface area contributed by atoms with E-state index >= 15 is 0 Å². The number of aliphatic hydroxyl groups is 1. The first-order valence-corrected chi connectivity index (χ1v) is 2.41. The number of hydrogen-bond acceptors (Lipinski definition) is 2. The fourth-order valence-electron chi connectivity index (χ4n) is 0.291. The van der Waals surface area contributed by atoms with E-state index in [1.165, 1.54) is 0 Å². The summed E-state index contributed by atoms with van der Waals surface area (Å²) in [7, 11) is 0. The van der Waals surface area contributed by atoms with Gasteiger partial charge in [0.2, 0.25) is 5.91 Å². The van der Waals surface area contributed by atoms with Gasteiger partial charge in [0.05, 0.1) is 6.92 Å². The van der Waals surface area contributed by atoms with Crippen LogP contribution in [0.25, 0.3) is 0 Å². The van der Waals surface area contributed by atoms with Crippen LogP contribution in [-0.2, 0) is 4.79 Å². The van der Waals surface area contributed by atoms with E-state index in [2.05, 4.69) is 5.32 Å². The Bertz CT molecular complexity index is 72.8. The van der Waals surface area contributed by atoms with Crippen LogP contribution in [0.4, 0.5) is 0 Å². The van der Waals surface area contributed by atoms with Crippen molar-refractivity contribution in [1.29, 1.82) is 0 Å². The van der Waals surface area contributed by atoms with Crippen LogP contribution in [-0.4, -0.2) is 24.2 Å². The zero-order valence-corrected chi connectivity index (χ0v) is 4.55. The molecule has 0 saturated carbocycles. The number of hydrogen-bond donors (Lipinski definition) is 2. The Hall–Kier alpha value is -0.570. The SMILES string of the molecule is [CH]C(=O)NCCCO. The fourth-order valence-corrected chi connectivity index (χ4v) is 0.291. The molecule has 0 unspecified atom stereocenters. The van der Waals surface area contributed by atoms with E-state index in [1.54, 1.807) is 0 Å². The van der Waals surface area contributed by atoms with E-state index in [0.29, 0.717) is 13.0 Å². The summed E-state index contributed by atoms with van der Waals surface area (Å²) in [5, 5.41) is 10.5. The highest BCUT2D eigenvalue weighted by Crippen LogP contribution is 1.69. The molecule has 0 aliphatic carbocycles. The van der Waals surface area contributed by atoms with Gasteiger partial charge in [-0.05, 0) is 6.42 Å². The maximum Gasteiger partial charge on any atom is 0.224 e. The van der Waals surface area contributed by atoms with Gasteiger partial charge in [-0.2, -0.15) is 0 Å². The van der Waals surface area contributed by atoms with Gasteiger partial charge in [-0.3, -0.25) is 4.79 Å². The third-order valence-electron chi connectivity index (χ3n) is 0.634. The van der Waals surface area contributed by atoms with Gasteiger partial charge in [-0.15, -0.1) is 0 Å². The predicted octanol–water partition coefficient (Wildman–Crippen LogP) is -0.804. The second-order valence-electron chi connectivity index (χ2n) is 1.37. The molecule has 3 nitrogen and oxygen atoms in total. The molecule has 0 aromatic carbocycles. The van der Waals surface area contributed by atoms with Crippen molar-refractivity contribution >= 4 is 5.91 Å². The molecule has 0 aromatic rings. The lowest BCUT2D eigenvalue weighted by Gasteiger charge is -1.95. The highest BCUT2D eigenvalue weighted by atomic mass is 16.3. The molecule has 0 aliphatic rings. The van der Waals surface area contributed by atoms with E-state index in [4.69, 9.17) is 12.0 Å². The lowest BCUT2D eigenvalue weighted by atomic mass is 10.4. The van der Waals surface area contributed by atoms with E-state index in [0.717, 1.165) is 0 Å². The van der Waals surface area contributed by atoms with E-state index in [9.17, 15) is 4.79 Å². The molecule has 0 spiro atoms. The first-order chi connectivity index (χ1) is 3.77. The van der Waals surface area contributed by atoms with Gasteiger partial charge in [0.25, 0.3) is 0 Å². The van der Waals surface area contributed by atoms with Gasteiger partial charge in [0.15, 0.2) is 0 Å². The van der Waals surface area contributed by atoms with Crippen molar-refractivity contribution in [2.45, 2.75) is 6.42 Å². The van der Waals surface area contributed by atoms with E-state index < -0.39 is 5.91 Å². The molecular weight excluding hydrogens is 106 g/mol. The van der Waals surface area contributed by atoms with Crippen LogP contribution in [0, 0.1) is 6.92 Å². The molecule has 0 heterocycles. The predicted molar refractivity (Wildman–Crippen MR) is 29.0 cm³/mol. The Morgan fingerprint density at radius 1 is 1.75 bits per heavy atom. The molecule has 0 atom stereocenters. The van der Waals surface area contributed by atoms with Crippen molar-refractivity contribution in [2.24, 2.45) is 0 Å². The standard InChI is InChI=1S/C5H9NO2/c1-5(8)6-3-2-4-7/h1,7H,2-4H2,(H,6,8). The summed E-state index contributed by atoms with van der Waals surface area (Å²) >= 11 is 0. The van der Waals surface area contributed by atoms with Gasteiger partial charge < -0.3 is 10.4 Å². The Morgan fingerprint density at radius 2 is 2.38 bits per heavy atom. The number of carbonyl (C=O) groups is 1. The molecule has 46 valence electrons. The summed E-state index contributed by atoms with van der Waals surface area (Å²) in [6.45, 7) is 5.24. The summed E-state index contributed by atoms with van der Waals surface area (Å²) in [5.74, 6) is -0.543. The highest BCUT2D eigenvalue weighted by Gasteiger charge is 1.86. The monoisotopic (exact) mass is 115 g/mol. The van der Waals surface area contributed by atoms with Crippen molar-refractivity contribution < 1.29 is 9.90 Å². The lowest BCUT2D eigenvalue weighted by Crippen LogP contribution is -2.21. The molecule has 0 aromatic heterocycles. The highest BCUT2D eigenvalue weighted by molar-refractivity contribution is 5.79. The summed E-state index contributed by atoms with van der Waals surface area (Å²) in [6.07, 6.45) is 0.558. The quantitative estimate of drug-likeness (QED) is 0.473. The molecule has 0 bridgehead atoms. The maximum absolute atomic E-state index is 9.90. The van der Waals surface area contributed by atoms with Crippen LogP contribution in [0.5, 0.6) is 0 Å². The van der Waals surface area contributed by atoms with Gasteiger partial charge in [0.1, 0.15) is 0 Å². The average Bonchev–Trinajstić information content (AvgIpc) is 1.66. The Kier molecular flexibility index (Phi) is 4.26. The number of amides is 1. The van der Waals surface area contributed by atoms with Crippen LogP contribution in [0.3, 0.4) is 0 Å². The first-order valence-electron chi connectivity index (χ1n) is 2.41. The molecule has 8 heavy (non-hydrogen) atoms. The molecule has 2 N–H and O–H groups in total. The third-order valence-corrected chi connectivity index (χ3v) is 0.634. The van der Waals surface area contributed by atoms with Gasteiger partial charge in [-0.25, -0.2) is 0 Å². The van der Waals surface area contributed by atoms with Crippen molar-refractivity contribution in [3.8, 4) is 0 Å². The average molecular weight is 115 g/mol. The normalized spacial score (nSPS) is 8.75. The minimum absolute atomic E-state index is 0.0836. The minimum Gasteiger partial charge on any atom is -0.396 e. The Labute approximate surface area is 48.7 Å². The fraction of sp³-hybridized carbons (Fsp3) is 0.600. The Morgan fingerprint density at radius 3 is 2.75 bits per heavy atom. The largest absolute Gasteiger partial charge is 0.396 e. The molecule has 0 rings (SSSR count). The second-order valence-corrected chi connectivity index (χ2v) is 1.37. The summed E-state index contributed by atoms with van der Waals surface area (Å²) in [6, 6.07) is 0. The summed E-state index contributed by atoms with van der Waals surface area (Å²) in [5.41, 5.74) is 0. The number of carbonyl (C=O) groups excluding carboxylic acids is 1. The Balaban J connectivity index is 2.82. The van der Waals surface area contributed by atoms with Crippen molar-refractivity contribution in [3.63, 3.8) is 0 Å². The molecule has 0 aliphatic heterocycles. The number of aliphatic hydroxyl groups excluding tert-OH is 1. The van der Waals surface area contributed by atoms with Crippen LogP contribution < -0.4 is 5.32 Å². The molecule has 2 radical (unpaired) electrons. The molecule has 0 saturated heterocycles. The third kappa shape index (κ3) is 5.43. The number of rotatable bonds is 3. The van der Waals surface area contributed by atoms with Crippen molar-refractivity contribution in [2.75, 3.05) is 13.2 Å². The van der Waals surface area contributed by atoms with Crippen LogP contribution in [0.2, 0.25) is 0 Å². The maximum atomic E-state index is 9.90. The molecule has 0 fully saturated rings. The smallest absolute Gasteiger partial charge is 0.224 e. The minimum atomic E-state index is -0.543. The van der Waals surface area contributed by atoms with E-state index in [1.807, 2.05) is 0 Å². The van der Waals surface area contributed by atoms with Gasteiger partial charge >= 0.3 is 0 Å². The summed E-state index contributed by atoms with van der Waals surface area (Å²) < 4.78 is 0.